The van der Waals surface area contributed by atoms with Crippen LogP contribution in [0.1, 0.15) is 71.6 Å². The standard InChI is InChI=1S/C15H29NO3/c1-3-5-7-8-9-10-11-13-16-14(12-6-4-2)15(17)19-18/h11,13-14,16,18H,3-10,12H2,1-2H3. The number of nitrogens with one attached hydrogen (secondary N) is 1. The molecule has 0 aliphatic rings. The first-order chi connectivity index (χ1) is 9.26. The van der Waals surface area contributed by atoms with Gasteiger partial charge in [0.2, 0.25) is 0 Å². The molecule has 0 saturated heterocycles. The number of allylic oxidation sites excluding steroid dienone is 1. The van der Waals surface area contributed by atoms with Gasteiger partial charge < -0.3 is 5.32 Å². The lowest BCUT2D eigenvalue weighted by Gasteiger charge is -2.12. The molecule has 0 rings (SSSR count). The first-order valence-electron chi connectivity index (χ1n) is 7.52. The zero-order valence-electron chi connectivity index (χ0n) is 12.4. The van der Waals surface area contributed by atoms with Gasteiger partial charge in [-0.1, -0.05) is 58.4 Å². The van der Waals surface area contributed by atoms with Crippen LogP contribution in [0, 0.1) is 0 Å². The normalized spacial score (nSPS) is 12.6. The molecule has 0 amide bonds. The quantitative estimate of drug-likeness (QED) is 0.320. The summed E-state index contributed by atoms with van der Waals surface area (Å²) in [4.78, 5) is 15.1. The fourth-order valence-electron chi connectivity index (χ4n) is 1.87. The van der Waals surface area contributed by atoms with E-state index in [9.17, 15) is 4.79 Å². The highest BCUT2D eigenvalue weighted by atomic mass is 17.1. The van der Waals surface area contributed by atoms with Crippen molar-refractivity contribution in [2.24, 2.45) is 0 Å². The summed E-state index contributed by atoms with van der Waals surface area (Å²) in [7, 11) is 0. The van der Waals surface area contributed by atoms with Crippen LogP contribution < -0.4 is 5.32 Å². The van der Waals surface area contributed by atoms with Crippen molar-refractivity contribution in [3.05, 3.63) is 12.3 Å². The van der Waals surface area contributed by atoms with Crippen molar-refractivity contribution < 1.29 is 14.9 Å². The molecule has 0 aromatic rings. The number of hydrogen-bond acceptors (Lipinski definition) is 4. The highest BCUT2D eigenvalue weighted by Crippen LogP contribution is 2.06. The highest BCUT2D eigenvalue weighted by Gasteiger charge is 2.17. The van der Waals surface area contributed by atoms with Gasteiger partial charge in [0, 0.05) is 0 Å². The molecule has 0 aromatic carbocycles. The van der Waals surface area contributed by atoms with Gasteiger partial charge in [0.1, 0.15) is 6.04 Å². The molecule has 0 radical (unpaired) electrons. The molecule has 0 aliphatic carbocycles. The molecule has 0 aliphatic heterocycles. The summed E-state index contributed by atoms with van der Waals surface area (Å²) in [6.45, 7) is 4.27. The fraction of sp³-hybridized carbons (Fsp3) is 0.800. The van der Waals surface area contributed by atoms with Crippen molar-refractivity contribution in [1.82, 2.24) is 5.32 Å². The third-order valence-corrected chi connectivity index (χ3v) is 3.11. The summed E-state index contributed by atoms with van der Waals surface area (Å²) in [5.74, 6) is -0.610. The van der Waals surface area contributed by atoms with Crippen LogP contribution in [-0.4, -0.2) is 17.3 Å². The molecule has 112 valence electrons. The van der Waals surface area contributed by atoms with Gasteiger partial charge in [-0.15, -0.1) is 0 Å². The summed E-state index contributed by atoms with van der Waals surface area (Å²) < 4.78 is 0. The average Bonchev–Trinajstić information content (AvgIpc) is 2.44. The van der Waals surface area contributed by atoms with E-state index in [1.54, 1.807) is 6.20 Å². The van der Waals surface area contributed by atoms with Crippen LogP contribution in [0.25, 0.3) is 0 Å². The van der Waals surface area contributed by atoms with E-state index in [0.717, 1.165) is 19.3 Å². The van der Waals surface area contributed by atoms with Gasteiger partial charge in [0.25, 0.3) is 0 Å². The zero-order valence-corrected chi connectivity index (χ0v) is 12.4. The van der Waals surface area contributed by atoms with Crippen molar-refractivity contribution in [1.29, 1.82) is 0 Å². The van der Waals surface area contributed by atoms with E-state index in [2.05, 4.69) is 24.1 Å². The Morgan fingerprint density at radius 1 is 1.16 bits per heavy atom. The van der Waals surface area contributed by atoms with Gasteiger partial charge in [0.15, 0.2) is 0 Å². The molecule has 4 heteroatoms. The molecule has 0 fully saturated rings. The van der Waals surface area contributed by atoms with Crippen molar-refractivity contribution in [2.75, 3.05) is 0 Å². The van der Waals surface area contributed by atoms with E-state index >= 15 is 0 Å². The minimum absolute atomic E-state index is 0.443. The Balaban J connectivity index is 3.74. The van der Waals surface area contributed by atoms with Gasteiger partial charge in [-0.3, -0.25) is 4.89 Å². The zero-order chi connectivity index (χ0) is 14.3. The predicted octanol–water partition coefficient (Wildman–Crippen LogP) is 4.03. The summed E-state index contributed by atoms with van der Waals surface area (Å²) in [5.41, 5.74) is 0. The first kappa shape index (κ1) is 18.0. The topological polar surface area (TPSA) is 58.6 Å². The maximum atomic E-state index is 11.3. The number of carbonyl (C=O) groups is 1. The molecule has 0 saturated carbocycles. The summed E-state index contributed by atoms with van der Waals surface area (Å²) in [6, 6.07) is -0.443. The lowest BCUT2D eigenvalue weighted by molar-refractivity contribution is -0.236. The number of unbranched alkanes of at least 4 members (excludes halogenated alkanes) is 6. The SMILES string of the molecule is CCCCCCCC=CNC(CCCC)C(=O)OO. The van der Waals surface area contributed by atoms with E-state index in [1.807, 2.05) is 6.08 Å². The third-order valence-electron chi connectivity index (χ3n) is 3.11. The molecule has 1 atom stereocenters. The second-order valence-corrected chi connectivity index (χ2v) is 4.88. The molecular weight excluding hydrogens is 242 g/mol. The summed E-state index contributed by atoms with van der Waals surface area (Å²) in [5, 5.41) is 11.4. The van der Waals surface area contributed by atoms with Crippen LogP contribution in [0.5, 0.6) is 0 Å². The van der Waals surface area contributed by atoms with E-state index in [1.165, 1.54) is 32.1 Å². The lowest BCUT2D eigenvalue weighted by atomic mass is 10.1. The van der Waals surface area contributed by atoms with Gasteiger partial charge in [-0.2, -0.15) is 5.26 Å². The highest BCUT2D eigenvalue weighted by molar-refractivity contribution is 5.75. The Labute approximate surface area is 117 Å². The monoisotopic (exact) mass is 271 g/mol. The van der Waals surface area contributed by atoms with Crippen LogP contribution in [0.15, 0.2) is 12.3 Å². The third kappa shape index (κ3) is 10.6. The Morgan fingerprint density at radius 3 is 2.47 bits per heavy atom. The van der Waals surface area contributed by atoms with Crippen LogP contribution in [-0.2, 0) is 9.68 Å². The van der Waals surface area contributed by atoms with E-state index in [4.69, 9.17) is 5.26 Å². The van der Waals surface area contributed by atoms with Gasteiger partial charge in [0.05, 0.1) is 0 Å². The Kier molecular flexibility index (Phi) is 12.7. The van der Waals surface area contributed by atoms with E-state index < -0.39 is 12.0 Å². The number of rotatable bonds is 12. The molecule has 1 unspecified atom stereocenters. The maximum absolute atomic E-state index is 11.3. The second kappa shape index (κ2) is 13.4. The molecule has 0 aromatic heterocycles. The molecule has 2 N–H and O–H groups in total. The smallest absolute Gasteiger partial charge is 0.363 e. The second-order valence-electron chi connectivity index (χ2n) is 4.88. The van der Waals surface area contributed by atoms with Crippen LogP contribution in [0.2, 0.25) is 0 Å². The van der Waals surface area contributed by atoms with Gasteiger partial charge in [-0.05, 0) is 25.5 Å². The number of carbonyl (C=O) groups excluding carboxylic acids is 1. The lowest BCUT2D eigenvalue weighted by Crippen LogP contribution is -2.34. The fourth-order valence-corrected chi connectivity index (χ4v) is 1.87. The Hall–Kier alpha value is -1.03. The largest absolute Gasteiger partial charge is 0.378 e. The first-order valence-corrected chi connectivity index (χ1v) is 7.52. The number of hydrogen-bond donors (Lipinski definition) is 2. The molecular formula is C15H29NO3. The van der Waals surface area contributed by atoms with Crippen molar-refractivity contribution in [3.8, 4) is 0 Å². The molecule has 19 heavy (non-hydrogen) atoms. The summed E-state index contributed by atoms with van der Waals surface area (Å²) in [6.07, 6.45) is 13.8. The average molecular weight is 271 g/mol. The Morgan fingerprint density at radius 2 is 1.84 bits per heavy atom. The molecule has 0 bridgehead atoms. The van der Waals surface area contributed by atoms with Crippen molar-refractivity contribution in [3.63, 3.8) is 0 Å². The molecule has 0 heterocycles. The van der Waals surface area contributed by atoms with Crippen molar-refractivity contribution in [2.45, 2.75) is 77.7 Å². The van der Waals surface area contributed by atoms with Gasteiger partial charge >= 0.3 is 5.97 Å². The molecule has 4 nitrogen and oxygen atoms in total. The maximum Gasteiger partial charge on any atom is 0.363 e. The van der Waals surface area contributed by atoms with Crippen LogP contribution in [0.4, 0.5) is 0 Å². The van der Waals surface area contributed by atoms with Crippen LogP contribution in [0.3, 0.4) is 0 Å². The molecule has 0 spiro atoms. The predicted molar refractivity (Wildman–Crippen MR) is 77.7 cm³/mol. The minimum atomic E-state index is -0.610. The van der Waals surface area contributed by atoms with Crippen LogP contribution >= 0.6 is 0 Å². The van der Waals surface area contributed by atoms with Crippen molar-refractivity contribution >= 4 is 5.97 Å². The van der Waals surface area contributed by atoms with E-state index in [-0.39, 0.29) is 0 Å². The summed E-state index contributed by atoms with van der Waals surface area (Å²) >= 11 is 0. The Bertz CT molecular complexity index is 242. The minimum Gasteiger partial charge on any atom is -0.378 e. The van der Waals surface area contributed by atoms with E-state index in [0.29, 0.717) is 6.42 Å². The van der Waals surface area contributed by atoms with Gasteiger partial charge in [-0.25, -0.2) is 4.79 Å².